The first-order chi connectivity index (χ1) is 15.6. The monoisotopic (exact) mass is 453 g/mol. The molecule has 1 amide bonds. The van der Waals surface area contributed by atoms with Gasteiger partial charge in [-0.05, 0) is 44.2 Å². The van der Waals surface area contributed by atoms with Crippen LogP contribution in [0.1, 0.15) is 13.8 Å². The minimum atomic E-state index is -0.213. The van der Waals surface area contributed by atoms with E-state index >= 15 is 0 Å². The van der Waals surface area contributed by atoms with Crippen molar-refractivity contribution in [3.63, 3.8) is 0 Å². The molecule has 0 atom stereocenters. The van der Waals surface area contributed by atoms with Crippen LogP contribution in [-0.4, -0.2) is 52.1 Å². The van der Waals surface area contributed by atoms with Gasteiger partial charge in [-0.15, -0.1) is 10.2 Å². The molecular weight excluding hydrogens is 430 g/mol. The van der Waals surface area contributed by atoms with E-state index in [1.54, 1.807) is 19.2 Å². The molecule has 0 bridgehead atoms. The Hall–Kier alpha value is -3.53. The molecule has 0 spiro atoms. The average molecular weight is 454 g/mol. The standard InChI is InChI=1S/C22H23N5O4S/c1-4-30-14-7-9-18(31-5-2)17(11-14)23-19(28)12-32-22-25-21-20(26-27-22)15-10-13(29-3)6-8-16(15)24-21/h6-11H,4-5,12H2,1-3H3,(H,23,28)(H,24,25,27). The lowest BCUT2D eigenvalue weighted by Crippen LogP contribution is -2.15. The number of aromatic nitrogens is 4. The molecule has 2 N–H and O–H groups in total. The fourth-order valence-electron chi connectivity index (χ4n) is 3.18. The number of amides is 1. The first-order valence-electron chi connectivity index (χ1n) is 10.1. The molecule has 2 aromatic carbocycles. The summed E-state index contributed by atoms with van der Waals surface area (Å²) in [6.45, 7) is 4.81. The van der Waals surface area contributed by atoms with Gasteiger partial charge in [-0.1, -0.05) is 11.8 Å². The molecule has 0 aliphatic carbocycles. The van der Waals surface area contributed by atoms with Crippen molar-refractivity contribution in [3.8, 4) is 17.2 Å². The Morgan fingerprint density at radius 2 is 1.88 bits per heavy atom. The van der Waals surface area contributed by atoms with Gasteiger partial charge in [0.25, 0.3) is 0 Å². The molecule has 0 aliphatic heterocycles. The Labute approximate surface area is 188 Å². The number of ether oxygens (including phenoxy) is 3. The lowest BCUT2D eigenvalue weighted by molar-refractivity contribution is -0.113. The van der Waals surface area contributed by atoms with E-state index in [9.17, 15) is 4.79 Å². The van der Waals surface area contributed by atoms with Crippen LogP contribution < -0.4 is 19.5 Å². The summed E-state index contributed by atoms with van der Waals surface area (Å²) >= 11 is 1.20. The molecule has 2 heterocycles. The first kappa shape index (κ1) is 21.7. The van der Waals surface area contributed by atoms with Gasteiger partial charge >= 0.3 is 0 Å². The number of anilines is 1. The van der Waals surface area contributed by atoms with E-state index < -0.39 is 0 Å². The predicted octanol–water partition coefficient (Wildman–Crippen LogP) is 4.04. The largest absolute Gasteiger partial charge is 0.497 e. The lowest BCUT2D eigenvalue weighted by atomic mass is 10.2. The predicted molar refractivity (Wildman–Crippen MR) is 124 cm³/mol. The van der Waals surface area contributed by atoms with Crippen LogP contribution in [0.3, 0.4) is 0 Å². The fraction of sp³-hybridized carbons (Fsp3) is 0.273. The fourth-order valence-corrected chi connectivity index (χ4v) is 3.77. The van der Waals surface area contributed by atoms with Gasteiger partial charge in [0.15, 0.2) is 5.65 Å². The Morgan fingerprint density at radius 1 is 1.06 bits per heavy atom. The zero-order valence-electron chi connectivity index (χ0n) is 18.0. The Kier molecular flexibility index (Phi) is 6.60. The van der Waals surface area contributed by atoms with Crippen molar-refractivity contribution < 1.29 is 19.0 Å². The molecule has 0 fully saturated rings. The third-order valence-corrected chi connectivity index (χ3v) is 5.41. The van der Waals surface area contributed by atoms with Crippen molar-refractivity contribution in [2.24, 2.45) is 0 Å². The maximum absolute atomic E-state index is 12.6. The first-order valence-corrected chi connectivity index (χ1v) is 11.1. The van der Waals surface area contributed by atoms with E-state index in [1.165, 1.54) is 11.8 Å². The zero-order valence-corrected chi connectivity index (χ0v) is 18.8. The Morgan fingerprint density at radius 3 is 2.66 bits per heavy atom. The molecule has 4 aromatic rings. The number of fused-ring (bicyclic) bond motifs is 3. The van der Waals surface area contributed by atoms with E-state index in [0.717, 1.165) is 16.7 Å². The summed E-state index contributed by atoms with van der Waals surface area (Å²) in [5, 5.41) is 12.6. The van der Waals surface area contributed by atoms with Gasteiger partial charge < -0.3 is 24.5 Å². The highest BCUT2D eigenvalue weighted by molar-refractivity contribution is 7.99. The van der Waals surface area contributed by atoms with Gasteiger partial charge in [0.1, 0.15) is 22.8 Å². The van der Waals surface area contributed by atoms with Crippen LogP contribution in [0.2, 0.25) is 0 Å². The van der Waals surface area contributed by atoms with E-state index in [1.807, 2.05) is 38.1 Å². The maximum Gasteiger partial charge on any atom is 0.234 e. The second-order valence-electron chi connectivity index (χ2n) is 6.69. The molecule has 0 unspecified atom stereocenters. The normalized spacial score (nSPS) is 11.0. The van der Waals surface area contributed by atoms with Gasteiger partial charge in [-0.3, -0.25) is 4.79 Å². The molecule has 4 rings (SSSR count). The minimum absolute atomic E-state index is 0.117. The van der Waals surface area contributed by atoms with E-state index in [-0.39, 0.29) is 11.7 Å². The number of methoxy groups -OCH3 is 1. The summed E-state index contributed by atoms with van der Waals surface area (Å²) in [5.74, 6) is 1.88. The van der Waals surface area contributed by atoms with E-state index in [4.69, 9.17) is 14.2 Å². The van der Waals surface area contributed by atoms with Crippen LogP contribution in [0.5, 0.6) is 17.2 Å². The number of rotatable bonds is 9. The number of nitrogens with one attached hydrogen (secondary N) is 2. The third-order valence-electron chi connectivity index (χ3n) is 4.57. The number of nitrogens with zero attached hydrogens (tertiary/aromatic N) is 3. The van der Waals surface area contributed by atoms with Crippen LogP contribution in [-0.2, 0) is 4.79 Å². The van der Waals surface area contributed by atoms with Crippen molar-refractivity contribution in [2.75, 3.05) is 31.4 Å². The number of carbonyl (C=O) groups is 1. The lowest BCUT2D eigenvalue weighted by Gasteiger charge is -2.13. The summed E-state index contributed by atoms with van der Waals surface area (Å²) < 4.78 is 16.4. The number of aromatic amines is 1. The van der Waals surface area contributed by atoms with Crippen LogP contribution >= 0.6 is 11.8 Å². The molecular formula is C22H23N5O4S. The Bertz CT molecular complexity index is 1260. The molecule has 9 nitrogen and oxygen atoms in total. The summed E-state index contributed by atoms with van der Waals surface area (Å²) in [5.41, 5.74) is 2.71. The number of hydrogen-bond acceptors (Lipinski definition) is 8. The maximum atomic E-state index is 12.6. The number of carbonyl (C=O) groups excluding carboxylic acids is 1. The Balaban J connectivity index is 1.47. The second kappa shape index (κ2) is 9.73. The molecule has 32 heavy (non-hydrogen) atoms. The highest BCUT2D eigenvalue weighted by Crippen LogP contribution is 2.30. The van der Waals surface area contributed by atoms with Gasteiger partial charge in [-0.25, -0.2) is 4.98 Å². The van der Waals surface area contributed by atoms with Crippen LogP contribution in [0.15, 0.2) is 41.6 Å². The molecule has 0 saturated carbocycles. The summed E-state index contributed by atoms with van der Waals surface area (Å²) in [4.78, 5) is 20.3. The number of benzene rings is 2. The second-order valence-corrected chi connectivity index (χ2v) is 7.63. The van der Waals surface area contributed by atoms with Crippen molar-refractivity contribution in [1.29, 1.82) is 0 Å². The van der Waals surface area contributed by atoms with Crippen LogP contribution in [0.25, 0.3) is 22.1 Å². The van der Waals surface area contributed by atoms with Gasteiger partial charge in [0, 0.05) is 17.0 Å². The van der Waals surface area contributed by atoms with Gasteiger partial charge in [0.05, 0.1) is 31.8 Å². The highest BCUT2D eigenvalue weighted by atomic mass is 32.2. The molecule has 0 radical (unpaired) electrons. The molecule has 0 aliphatic rings. The van der Waals surface area contributed by atoms with E-state index in [2.05, 4.69) is 25.5 Å². The summed E-state index contributed by atoms with van der Waals surface area (Å²) in [6.07, 6.45) is 0. The SMILES string of the molecule is CCOc1ccc(OCC)c(NC(=O)CSc2nnc3c(n2)[nH]c2ccc(OC)cc23)c1. The quantitative estimate of drug-likeness (QED) is 0.365. The van der Waals surface area contributed by atoms with Crippen molar-refractivity contribution >= 4 is 45.4 Å². The average Bonchev–Trinajstić information content (AvgIpc) is 3.16. The van der Waals surface area contributed by atoms with Gasteiger partial charge in [-0.2, -0.15) is 0 Å². The molecule has 2 aromatic heterocycles. The minimum Gasteiger partial charge on any atom is -0.497 e. The van der Waals surface area contributed by atoms with Crippen molar-refractivity contribution in [2.45, 2.75) is 19.0 Å². The summed E-state index contributed by atoms with van der Waals surface area (Å²) in [6, 6.07) is 11.0. The number of H-pyrrole nitrogens is 1. The van der Waals surface area contributed by atoms with Crippen LogP contribution in [0, 0.1) is 0 Å². The zero-order chi connectivity index (χ0) is 22.5. The van der Waals surface area contributed by atoms with Gasteiger partial charge in [0.2, 0.25) is 11.1 Å². The highest BCUT2D eigenvalue weighted by Gasteiger charge is 2.14. The topological polar surface area (TPSA) is 111 Å². The molecule has 166 valence electrons. The van der Waals surface area contributed by atoms with Crippen molar-refractivity contribution in [1.82, 2.24) is 20.2 Å². The molecule has 10 heteroatoms. The van der Waals surface area contributed by atoms with Crippen molar-refractivity contribution in [3.05, 3.63) is 36.4 Å². The van der Waals surface area contributed by atoms with E-state index in [0.29, 0.717) is 46.7 Å². The number of thioether (sulfide) groups is 1. The smallest absolute Gasteiger partial charge is 0.234 e. The summed E-state index contributed by atoms with van der Waals surface area (Å²) in [7, 11) is 1.62. The third kappa shape index (κ3) is 4.70. The van der Waals surface area contributed by atoms with Crippen LogP contribution in [0.4, 0.5) is 5.69 Å². The number of hydrogen-bond donors (Lipinski definition) is 2. The molecule has 0 saturated heterocycles.